The molecule has 1 aliphatic heterocycles. The van der Waals surface area contributed by atoms with E-state index in [1.54, 1.807) is 24.4 Å². The van der Waals surface area contributed by atoms with E-state index in [1.807, 2.05) is 18.7 Å². The summed E-state index contributed by atoms with van der Waals surface area (Å²) < 4.78 is 5.25. The minimum atomic E-state index is -1.04. The van der Waals surface area contributed by atoms with Crippen LogP contribution in [0.3, 0.4) is 0 Å². The summed E-state index contributed by atoms with van der Waals surface area (Å²) in [5, 5.41) is 26.3. The molecule has 0 spiro atoms. The van der Waals surface area contributed by atoms with Crippen LogP contribution in [-0.4, -0.2) is 74.2 Å². The molecule has 3 aromatic rings. The predicted octanol–water partition coefficient (Wildman–Crippen LogP) is 2.52. The number of amides is 1. The summed E-state index contributed by atoms with van der Waals surface area (Å²) in [5.74, 6) is -1.59. The second kappa shape index (κ2) is 10.3. The second-order valence-electron chi connectivity index (χ2n) is 8.80. The molecule has 11 heteroatoms. The number of aromatic nitrogens is 2. The minimum Gasteiger partial charge on any atom is -0.481 e. The maximum absolute atomic E-state index is 12.4. The summed E-state index contributed by atoms with van der Waals surface area (Å²) in [6.07, 6.45) is 1.31. The number of aromatic amines is 1. The highest BCUT2D eigenvalue weighted by Gasteiger charge is 2.32. The maximum Gasteiger partial charge on any atom is 0.325 e. The fraction of sp³-hybridized carbons (Fsp3) is 0.417. The average molecular weight is 484 g/mol. The molecule has 1 fully saturated rings. The number of piperazine rings is 1. The van der Waals surface area contributed by atoms with Crippen molar-refractivity contribution in [1.29, 1.82) is 0 Å². The zero-order valence-corrected chi connectivity index (χ0v) is 19.7. The van der Waals surface area contributed by atoms with Gasteiger partial charge in [-0.15, -0.1) is 0 Å². The summed E-state index contributed by atoms with van der Waals surface area (Å²) in [5.41, 5.74) is 3.81. The molecule has 0 bridgehead atoms. The molecular weight excluding hydrogens is 454 g/mol. The molecule has 3 heterocycles. The lowest BCUT2D eigenvalue weighted by molar-refractivity contribution is -0.144. The molecule has 35 heavy (non-hydrogen) atoms. The lowest BCUT2D eigenvalue weighted by Gasteiger charge is -2.37. The molecule has 1 amide bonds. The molecule has 1 atom stereocenters. The Morgan fingerprint density at radius 3 is 2.51 bits per heavy atom. The average Bonchev–Trinajstić information content (AvgIpc) is 3.37. The second-order valence-corrected chi connectivity index (χ2v) is 8.80. The zero-order valence-electron chi connectivity index (χ0n) is 19.7. The van der Waals surface area contributed by atoms with Gasteiger partial charge < -0.3 is 25.0 Å². The number of aryl methyl sites for hydroxylation is 2. The number of H-pyrrole nitrogens is 1. The lowest BCUT2D eigenvalue weighted by Crippen LogP contribution is -2.48. The van der Waals surface area contributed by atoms with Crippen molar-refractivity contribution in [2.24, 2.45) is 0 Å². The van der Waals surface area contributed by atoms with Gasteiger partial charge in [0.2, 0.25) is 5.91 Å². The van der Waals surface area contributed by atoms with Crippen molar-refractivity contribution in [3.05, 3.63) is 47.0 Å². The number of benzene rings is 1. The normalized spacial score (nSPS) is 15.8. The van der Waals surface area contributed by atoms with Gasteiger partial charge in [-0.25, -0.2) is 0 Å². The van der Waals surface area contributed by atoms with Gasteiger partial charge >= 0.3 is 11.9 Å². The third-order valence-electron chi connectivity index (χ3n) is 6.43. The van der Waals surface area contributed by atoms with Gasteiger partial charge in [0.25, 0.3) is 0 Å². The highest BCUT2D eigenvalue weighted by atomic mass is 16.5. The van der Waals surface area contributed by atoms with Crippen LogP contribution in [0.15, 0.2) is 28.9 Å². The molecule has 4 N–H and O–H groups in total. The number of hydrogen-bond acceptors (Lipinski definition) is 7. The molecule has 0 unspecified atom stereocenters. The molecular formula is C24H29N5O6. The van der Waals surface area contributed by atoms with E-state index in [1.165, 1.54) is 0 Å². The topological polar surface area (TPSA) is 152 Å². The van der Waals surface area contributed by atoms with Gasteiger partial charge in [0.15, 0.2) is 0 Å². The smallest absolute Gasteiger partial charge is 0.325 e. The van der Waals surface area contributed by atoms with Crippen molar-refractivity contribution >= 4 is 34.4 Å². The molecule has 186 valence electrons. The van der Waals surface area contributed by atoms with Gasteiger partial charge in [0, 0.05) is 73.1 Å². The van der Waals surface area contributed by atoms with Crippen LogP contribution in [-0.2, 0) is 20.9 Å². The first-order chi connectivity index (χ1) is 16.7. The molecule has 11 nitrogen and oxygen atoms in total. The highest BCUT2D eigenvalue weighted by molar-refractivity contribution is 5.96. The van der Waals surface area contributed by atoms with Crippen LogP contribution in [0.1, 0.15) is 41.5 Å². The maximum atomic E-state index is 12.4. The number of nitrogens with zero attached hydrogens (tertiary/aromatic N) is 3. The Morgan fingerprint density at radius 2 is 1.89 bits per heavy atom. The van der Waals surface area contributed by atoms with E-state index in [-0.39, 0.29) is 12.8 Å². The van der Waals surface area contributed by atoms with E-state index in [0.717, 1.165) is 22.5 Å². The van der Waals surface area contributed by atoms with Gasteiger partial charge in [-0.3, -0.25) is 24.2 Å². The summed E-state index contributed by atoms with van der Waals surface area (Å²) in [7, 11) is 0. The predicted molar refractivity (Wildman–Crippen MR) is 127 cm³/mol. The number of carboxylic acids is 2. The summed E-state index contributed by atoms with van der Waals surface area (Å²) in [4.78, 5) is 42.5. The fourth-order valence-corrected chi connectivity index (χ4v) is 4.51. The van der Waals surface area contributed by atoms with E-state index in [2.05, 4.69) is 20.4 Å². The van der Waals surface area contributed by atoms with Gasteiger partial charge in [-0.05, 0) is 32.0 Å². The number of fused-ring (bicyclic) bond motifs is 1. The van der Waals surface area contributed by atoms with Crippen LogP contribution >= 0.6 is 0 Å². The number of rotatable bonds is 9. The third kappa shape index (κ3) is 5.52. The number of aliphatic carboxylic acids is 2. The van der Waals surface area contributed by atoms with Crippen molar-refractivity contribution in [2.45, 2.75) is 39.3 Å². The number of carbonyl (C=O) groups excluding carboxylic acids is 1. The van der Waals surface area contributed by atoms with Crippen molar-refractivity contribution in [3.8, 4) is 0 Å². The molecule has 4 rings (SSSR count). The van der Waals surface area contributed by atoms with E-state index in [9.17, 15) is 19.5 Å². The number of hydrogen-bond donors (Lipinski definition) is 4. The number of anilines is 1. The Bertz CT molecular complexity index is 1220. The highest BCUT2D eigenvalue weighted by Crippen LogP contribution is 2.31. The van der Waals surface area contributed by atoms with E-state index in [0.29, 0.717) is 49.4 Å². The summed E-state index contributed by atoms with van der Waals surface area (Å²) in [6, 6.07) is 4.35. The largest absolute Gasteiger partial charge is 0.481 e. The first-order valence-corrected chi connectivity index (χ1v) is 11.5. The van der Waals surface area contributed by atoms with Crippen LogP contribution in [0.25, 0.3) is 10.9 Å². The summed E-state index contributed by atoms with van der Waals surface area (Å²) >= 11 is 0. The van der Waals surface area contributed by atoms with Crippen molar-refractivity contribution in [2.75, 3.05) is 31.5 Å². The third-order valence-corrected chi connectivity index (χ3v) is 6.43. The Morgan fingerprint density at radius 1 is 1.14 bits per heavy atom. The quantitative estimate of drug-likeness (QED) is 0.360. The number of carbonyl (C=O) groups is 3. The van der Waals surface area contributed by atoms with E-state index in [4.69, 9.17) is 9.63 Å². The van der Waals surface area contributed by atoms with Crippen LogP contribution in [0.5, 0.6) is 0 Å². The number of carboxylic acid groups (broad SMARTS) is 2. The van der Waals surface area contributed by atoms with Crippen molar-refractivity contribution in [1.82, 2.24) is 19.9 Å². The van der Waals surface area contributed by atoms with Crippen LogP contribution in [0.2, 0.25) is 0 Å². The van der Waals surface area contributed by atoms with Crippen LogP contribution in [0, 0.1) is 13.8 Å². The first kappa shape index (κ1) is 24.4. The molecule has 0 saturated carbocycles. The zero-order chi connectivity index (χ0) is 25.1. The Balaban J connectivity index is 1.48. The molecule has 0 aliphatic carbocycles. The lowest BCUT2D eigenvalue weighted by atomic mass is 10.0. The monoisotopic (exact) mass is 483 g/mol. The van der Waals surface area contributed by atoms with Gasteiger partial charge in [-0.1, -0.05) is 5.16 Å². The molecule has 1 saturated heterocycles. The van der Waals surface area contributed by atoms with Crippen molar-refractivity contribution in [3.63, 3.8) is 0 Å². The molecule has 0 radical (unpaired) electrons. The van der Waals surface area contributed by atoms with Gasteiger partial charge in [0.1, 0.15) is 11.8 Å². The summed E-state index contributed by atoms with van der Waals surface area (Å²) in [6.45, 7) is 7.11. The Labute approximate surface area is 201 Å². The van der Waals surface area contributed by atoms with Gasteiger partial charge in [-0.2, -0.15) is 0 Å². The SMILES string of the molecule is Cc1noc(C)c1CN1CCN([C@@H](C(=O)O)c2c[nH]c3ccc(NC(=O)CCC(=O)O)cc23)CC1. The first-order valence-electron chi connectivity index (χ1n) is 11.5. The molecule has 2 aromatic heterocycles. The molecule has 1 aliphatic rings. The van der Waals surface area contributed by atoms with E-state index >= 15 is 0 Å². The van der Waals surface area contributed by atoms with Gasteiger partial charge in [0.05, 0.1) is 12.1 Å². The minimum absolute atomic E-state index is 0.136. The Kier molecular flexibility index (Phi) is 7.17. The van der Waals surface area contributed by atoms with Crippen LogP contribution in [0.4, 0.5) is 5.69 Å². The number of nitrogens with one attached hydrogen (secondary N) is 2. The molecule has 1 aromatic carbocycles. The van der Waals surface area contributed by atoms with Crippen molar-refractivity contribution < 1.29 is 29.1 Å². The fourth-order valence-electron chi connectivity index (χ4n) is 4.51. The standard InChI is InChI=1S/C24H29N5O6/c1-14-19(15(2)35-27-14)13-28-7-9-29(10-8-28)23(24(33)34)18-12-25-20-4-3-16(11-17(18)20)26-21(30)5-6-22(31)32/h3-4,11-12,23,25H,5-10,13H2,1-2H3,(H,26,30)(H,31,32)(H,33,34)/t23-/m1/s1. The van der Waals surface area contributed by atoms with Crippen LogP contribution < -0.4 is 5.32 Å². The van der Waals surface area contributed by atoms with E-state index < -0.39 is 23.9 Å². The Hall–Kier alpha value is -3.70.